The fraction of sp³-hybridized carbons (Fsp3) is 0.333. The summed E-state index contributed by atoms with van der Waals surface area (Å²) >= 11 is 15.8. The first-order valence-corrected chi connectivity index (χ1v) is 16.7. The van der Waals surface area contributed by atoms with Crippen LogP contribution in [-0.2, 0) is 32.6 Å². The van der Waals surface area contributed by atoms with E-state index in [1.54, 1.807) is 42.5 Å². The fourth-order valence-corrected chi connectivity index (χ4v) is 6.41. The zero-order valence-corrected chi connectivity index (χ0v) is 26.5. The number of nitrogens with one attached hydrogen (secondary N) is 1. The smallest absolute Gasteiger partial charge is 0.244 e. The first-order chi connectivity index (χ1) is 19.5. The second kappa shape index (κ2) is 14.1. The monoisotopic (exact) mass is 679 g/mol. The SMILES string of the molecule is CS(=O)(=O)N(CC(=O)N(Cc1ccc(Cl)c(Cl)c1)[C@@H](Cc1ccccc1)C(=O)NC1CCCC1)c1ccc(Br)cc1. The van der Waals surface area contributed by atoms with Crippen molar-refractivity contribution < 1.29 is 18.0 Å². The van der Waals surface area contributed by atoms with E-state index in [4.69, 9.17) is 23.2 Å². The van der Waals surface area contributed by atoms with Crippen LogP contribution in [0, 0.1) is 0 Å². The second-order valence-corrected chi connectivity index (χ2v) is 13.8. The maximum Gasteiger partial charge on any atom is 0.244 e. The standard InChI is InChI=1S/C30H32BrCl2N3O4S/c1-41(39,40)36(25-14-12-23(31)13-15-25)20-29(37)35(19-22-11-16-26(32)27(33)17-22)28(18-21-7-3-2-4-8-21)30(38)34-24-9-5-6-10-24/h2-4,7-8,11-17,24,28H,5-6,9-10,18-20H2,1H3,(H,34,38)/t28-/m0/s1. The average molecular weight is 681 g/mol. The van der Waals surface area contributed by atoms with E-state index < -0.39 is 28.5 Å². The first-order valence-electron chi connectivity index (χ1n) is 13.3. The van der Waals surface area contributed by atoms with Crippen molar-refractivity contribution in [2.24, 2.45) is 0 Å². The number of carbonyl (C=O) groups excluding carboxylic acids is 2. The molecular formula is C30H32BrCl2N3O4S. The molecule has 1 aliphatic carbocycles. The molecule has 1 aliphatic rings. The summed E-state index contributed by atoms with van der Waals surface area (Å²) in [5.74, 6) is -0.796. The maximum atomic E-state index is 14.1. The predicted octanol–water partition coefficient (Wildman–Crippen LogP) is 6.22. The van der Waals surface area contributed by atoms with Gasteiger partial charge in [-0.05, 0) is 60.4 Å². The molecule has 1 atom stereocenters. The fourth-order valence-electron chi connectivity index (χ4n) is 4.98. The van der Waals surface area contributed by atoms with Gasteiger partial charge in [0, 0.05) is 23.5 Å². The minimum Gasteiger partial charge on any atom is -0.352 e. The Balaban J connectivity index is 1.73. The molecule has 218 valence electrons. The van der Waals surface area contributed by atoms with E-state index >= 15 is 0 Å². The zero-order valence-electron chi connectivity index (χ0n) is 22.6. The summed E-state index contributed by atoms with van der Waals surface area (Å²) in [6, 6.07) is 20.3. The molecule has 0 unspecified atom stereocenters. The van der Waals surface area contributed by atoms with E-state index in [0.717, 1.165) is 46.3 Å². The van der Waals surface area contributed by atoms with Gasteiger partial charge in [-0.25, -0.2) is 8.42 Å². The van der Waals surface area contributed by atoms with E-state index in [2.05, 4.69) is 21.2 Å². The maximum absolute atomic E-state index is 14.1. The van der Waals surface area contributed by atoms with E-state index in [-0.39, 0.29) is 24.9 Å². The third-order valence-corrected chi connectivity index (χ3v) is 9.51. The molecular weight excluding hydrogens is 649 g/mol. The Labute approximate surface area is 260 Å². The van der Waals surface area contributed by atoms with Crippen molar-refractivity contribution in [3.05, 3.63) is 98.4 Å². The molecule has 2 amide bonds. The molecule has 3 aromatic carbocycles. The normalized spacial score (nSPS) is 14.4. The van der Waals surface area contributed by atoms with E-state index in [1.807, 2.05) is 30.3 Å². The van der Waals surface area contributed by atoms with Crippen molar-refractivity contribution in [3.8, 4) is 0 Å². The van der Waals surface area contributed by atoms with Crippen LogP contribution in [0.1, 0.15) is 36.8 Å². The third kappa shape index (κ3) is 8.70. The zero-order chi connectivity index (χ0) is 29.6. The number of anilines is 1. The lowest BCUT2D eigenvalue weighted by Crippen LogP contribution is -2.54. The van der Waals surface area contributed by atoms with Gasteiger partial charge in [-0.2, -0.15) is 0 Å². The summed E-state index contributed by atoms with van der Waals surface area (Å²) in [7, 11) is -3.84. The highest BCUT2D eigenvalue weighted by atomic mass is 79.9. The molecule has 1 fully saturated rings. The molecule has 0 saturated heterocycles. The number of sulfonamides is 1. The molecule has 0 bridgehead atoms. The largest absolute Gasteiger partial charge is 0.352 e. The number of halogens is 3. The Morgan fingerprint density at radius 1 is 0.951 bits per heavy atom. The Kier molecular flexibility index (Phi) is 10.7. The first kappa shape index (κ1) is 31.3. The summed E-state index contributed by atoms with van der Waals surface area (Å²) in [5.41, 5.74) is 1.88. The van der Waals surface area contributed by atoms with Gasteiger partial charge in [0.25, 0.3) is 0 Å². The van der Waals surface area contributed by atoms with Gasteiger partial charge in [0.2, 0.25) is 21.8 Å². The summed E-state index contributed by atoms with van der Waals surface area (Å²) in [5, 5.41) is 3.83. The Hall–Kier alpha value is -2.59. The molecule has 0 aliphatic heterocycles. The highest BCUT2D eigenvalue weighted by Gasteiger charge is 2.34. The predicted molar refractivity (Wildman–Crippen MR) is 168 cm³/mol. The number of amides is 2. The van der Waals surface area contributed by atoms with Gasteiger partial charge in [0.15, 0.2) is 0 Å². The minimum absolute atomic E-state index is 0.0310. The highest BCUT2D eigenvalue weighted by molar-refractivity contribution is 9.10. The summed E-state index contributed by atoms with van der Waals surface area (Å²) in [4.78, 5) is 29.5. The van der Waals surface area contributed by atoms with Crippen LogP contribution in [0.5, 0.6) is 0 Å². The van der Waals surface area contributed by atoms with Crippen LogP contribution in [0.2, 0.25) is 10.0 Å². The van der Waals surface area contributed by atoms with E-state index in [9.17, 15) is 18.0 Å². The Morgan fingerprint density at radius 3 is 2.22 bits per heavy atom. The molecule has 41 heavy (non-hydrogen) atoms. The minimum atomic E-state index is -3.84. The van der Waals surface area contributed by atoms with Gasteiger partial charge in [-0.1, -0.05) is 88.4 Å². The van der Waals surface area contributed by atoms with Crippen molar-refractivity contribution in [1.29, 1.82) is 0 Å². The molecule has 0 heterocycles. The van der Waals surface area contributed by atoms with Crippen molar-refractivity contribution in [2.75, 3.05) is 17.1 Å². The molecule has 1 N–H and O–H groups in total. The van der Waals surface area contributed by atoms with Crippen LogP contribution in [-0.4, -0.2) is 50.0 Å². The van der Waals surface area contributed by atoms with E-state index in [0.29, 0.717) is 21.3 Å². The van der Waals surface area contributed by atoms with Gasteiger partial charge in [-0.3, -0.25) is 13.9 Å². The van der Waals surface area contributed by atoms with Crippen LogP contribution in [0.3, 0.4) is 0 Å². The number of carbonyl (C=O) groups is 2. The van der Waals surface area contributed by atoms with Crippen molar-refractivity contribution in [2.45, 2.75) is 50.7 Å². The van der Waals surface area contributed by atoms with Crippen LogP contribution in [0.25, 0.3) is 0 Å². The van der Waals surface area contributed by atoms with Crippen LogP contribution >= 0.6 is 39.1 Å². The van der Waals surface area contributed by atoms with Gasteiger partial charge in [-0.15, -0.1) is 0 Å². The van der Waals surface area contributed by atoms with Gasteiger partial charge >= 0.3 is 0 Å². The molecule has 0 radical (unpaired) electrons. The third-order valence-electron chi connectivity index (χ3n) is 7.10. The lowest BCUT2D eigenvalue weighted by Gasteiger charge is -2.34. The van der Waals surface area contributed by atoms with Gasteiger partial charge in [0.05, 0.1) is 22.0 Å². The lowest BCUT2D eigenvalue weighted by molar-refractivity contribution is -0.140. The van der Waals surface area contributed by atoms with Gasteiger partial charge in [0.1, 0.15) is 12.6 Å². The van der Waals surface area contributed by atoms with Crippen LogP contribution < -0.4 is 9.62 Å². The molecule has 0 spiro atoms. The molecule has 4 rings (SSSR count). The molecule has 0 aromatic heterocycles. The lowest BCUT2D eigenvalue weighted by atomic mass is 10.0. The molecule has 1 saturated carbocycles. The second-order valence-electron chi connectivity index (χ2n) is 10.2. The molecule has 3 aromatic rings. The van der Waals surface area contributed by atoms with Crippen LogP contribution in [0.4, 0.5) is 5.69 Å². The highest BCUT2D eigenvalue weighted by Crippen LogP contribution is 2.26. The summed E-state index contributed by atoms with van der Waals surface area (Å²) in [6.45, 7) is -0.451. The molecule has 7 nitrogen and oxygen atoms in total. The number of hydrogen-bond acceptors (Lipinski definition) is 4. The topological polar surface area (TPSA) is 86.8 Å². The Bertz CT molecular complexity index is 1470. The van der Waals surface area contributed by atoms with Crippen molar-refractivity contribution >= 4 is 66.7 Å². The number of hydrogen-bond donors (Lipinski definition) is 1. The average Bonchev–Trinajstić information content (AvgIpc) is 3.44. The summed E-state index contributed by atoms with van der Waals surface area (Å²) in [6.07, 6.45) is 5.16. The summed E-state index contributed by atoms with van der Waals surface area (Å²) < 4.78 is 27.6. The van der Waals surface area contributed by atoms with Gasteiger partial charge < -0.3 is 10.2 Å². The molecule has 11 heteroatoms. The quantitative estimate of drug-likeness (QED) is 0.261. The van der Waals surface area contributed by atoms with Crippen LogP contribution in [0.15, 0.2) is 77.3 Å². The van der Waals surface area contributed by atoms with Crippen molar-refractivity contribution in [1.82, 2.24) is 10.2 Å². The number of rotatable bonds is 11. The Morgan fingerprint density at radius 2 is 1.61 bits per heavy atom. The van der Waals surface area contributed by atoms with Crippen molar-refractivity contribution in [3.63, 3.8) is 0 Å². The number of benzene rings is 3. The number of nitrogens with zero attached hydrogens (tertiary/aromatic N) is 2. The van der Waals surface area contributed by atoms with E-state index in [1.165, 1.54) is 4.90 Å².